The molecule has 4 aromatic rings. The van der Waals surface area contributed by atoms with Crippen molar-refractivity contribution in [3.05, 3.63) is 120 Å². The van der Waals surface area contributed by atoms with Gasteiger partial charge < -0.3 is 0 Å². The zero-order valence-electron chi connectivity index (χ0n) is 15.1. The van der Waals surface area contributed by atoms with Gasteiger partial charge in [-0.05, 0) is 57.0 Å². The molecule has 5 rings (SSSR count). The lowest BCUT2D eigenvalue weighted by atomic mass is 9.89. The maximum absolute atomic E-state index is 2.39. The largest absolute Gasteiger partial charge is 0.0622 e. The minimum absolute atomic E-state index is 0.994. The number of allylic oxidation sites excluding steroid dienone is 1. The molecule has 0 heteroatoms. The molecule has 0 radical (unpaired) electrons. The van der Waals surface area contributed by atoms with Gasteiger partial charge in [-0.1, -0.05) is 103 Å². The molecular weight excluding hydrogens is 324 g/mol. The average Bonchev–Trinajstić information content (AvgIpc) is 3.19. The van der Waals surface area contributed by atoms with Gasteiger partial charge in [0.05, 0.1) is 0 Å². The van der Waals surface area contributed by atoms with Gasteiger partial charge in [-0.2, -0.15) is 0 Å². The monoisotopic (exact) mass is 344 g/mol. The zero-order chi connectivity index (χ0) is 18.1. The van der Waals surface area contributed by atoms with Crippen LogP contribution in [0, 0.1) is 0 Å². The van der Waals surface area contributed by atoms with Crippen LogP contribution in [-0.4, -0.2) is 0 Å². The molecule has 0 aliphatic heterocycles. The lowest BCUT2D eigenvalue weighted by Gasteiger charge is -2.15. The standard InChI is InChI=1S/C27H20/c1-4-10-20(11-5-1)24-18-23-16-17-25(21-12-6-2-7-13-21)27(26(23)19-24)22-14-8-3-9-15-22/h1-17,19H,18H2. The van der Waals surface area contributed by atoms with E-state index in [-0.39, 0.29) is 0 Å². The molecule has 4 aromatic carbocycles. The van der Waals surface area contributed by atoms with E-state index >= 15 is 0 Å². The molecule has 0 bridgehead atoms. The third kappa shape index (κ3) is 2.90. The number of benzene rings is 4. The number of fused-ring (bicyclic) bond motifs is 1. The van der Waals surface area contributed by atoms with Gasteiger partial charge in [-0.15, -0.1) is 0 Å². The minimum Gasteiger partial charge on any atom is -0.0622 e. The molecule has 0 unspecified atom stereocenters. The molecule has 0 spiro atoms. The van der Waals surface area contributed by atoms with Crippen molar-refractivity contribution < 1.29 is 0 Å². The highest BCUT2D eigenvalue weighted by Crippen LogP contribution is 2.42. The van der Waals surface area contributed by atoms with Gasteiger partial charge >= 0.3 is 0 Å². The molecule has 1 aliphatic carbocycles. The van der Waals surface area contributed by atoms with Crippen LogP contribution in [0.4, 0.5) is 0 Å². The van der Waals surface area contributed by atoms with E-state index in [9.17, 15) is 0 Å². The van der Waals surface area contributed by atoms with Gasteiger partial charge in [-0.3, -0.25) is 0 Å². The van der Waals surface area contributed by atoms with Crippen molar-refractivity contribution in [2.45, 2.75) is 6.42 Å². The molecule has 0 atom stereocenters. The Morgan fingerprint density at radius 2 is 1.04 bits per heavy atom. The van der Waals surface area contributed by atoms with Crippen LogP contribution >= 0.6 is 0 Å². The van der Waals surface area contributed by atoms with Crippen molar-refractivity contribution in [3.8, 4) is 22.3 Å². The van der Waals surface area contributed by atoms with Crippen LogP contribution in [-0.2, 0) is 6.42 Å². The Hall–Kier alpha value is -3.38. The summed E-state index contributed by atoms with van der Waals surface area (Å²) in [6.45, 7) is 0. The van der Waals surface area contributed by atoms with E-state index in [0.717, 1.165) is 6.42 Å². The molecule has 0 fully saturated rings. The van der Waals surface area contributed by atoms with Gasteiger partial charge in [0.1, 0.15) is 0 Å². The smallest absolute Gasteiger partial charge is 0.00134 e. The van der Waals surface area contributed by atoms with Crippen molar-refractivity contribution in [3.63, 3.8) is 0 Å². The van der Waals surface area contributed by atoms with Crippen LogP contribution in [0.3, 0.4) is 0 Å². The Balaban J connectivity index is 1.74. The van der Waals surface area contributed by atoms with E-state index in [0.29, 0.717) is 0 Å². The Morgan fingerprint density at radius 3 is 1.67 bits per heavy atom. The van der Waals surface area contributed by atoms with Gasteiger partial charge in [0.25, 0.3) is 0 Å². The summed E-state index contributed by atoms with van der Waals surface area (Å²) in [7, 11) is 0. The molecule has 27 heavy (non-hydrogen) atoms. The number of hydrogen-bond acceptors (Lipinski definition) is 0. The van der Waals surface area contributed by atoms with Crippen molar-refractivity contribution in [1.82, 2.24) is 0 Å². The van der Waals surface area contributed by atoms with Gasteiger partial charge in [0.2, 0.25) is 0 Å². The summed E-state index contributed by atoms with van der Waals surface area (Å²) in [4.78, 5) is 0. The molecule has 0 nitrogen and oxygen atoms in total. The van der Waals surface area contributed by atoms with Crippen molar-refractivity contribution in [2.75, 3.05) is 0 Å². The molecule has 1 aliphatic rings. The van der Waals surface area contributed by atoms with Crippen LogP contribution in [0.15, 0.2) is 103 Å². The lowest BCUT2D eigenvalue weighted by molar-refractivity contribution is 1.31. The van der Waals surface area contributed by atoms with Crippen LogP contribution in [0.1, 0.15) is 16.7 Å². The molecule has 0 amide bonds. The van der Waals surface area contributed by atoms with E-state index in [2.05, 4.69) is 109 Å². The zero-order valence-corrected chi connectivity index (χ0v) is 15.1. The van der Waals surface area contributed by atoms with Gasteiger partial charge in [0.15, 0.2) is 0 Å². The van der Waals surface area contributed by atoms with Crippen LogP contribution in [0.5, 0.6) is 0 Å². The molecule has 0 saturated carbocycles. The summed E-state index contributed by atoms with van der Waals surface area (Å²) in [5, 5.41) is 0. The van der Waals surface area contributed by atoms with E-state index in [1.807, 2.05) is 0 Å². The molecule has 0 heterocycles. The third-order valence-electron chi connectivity index (χ3n) is 5.33. The van der Waals surface area contributed by atoms with Crippen molar-refractivity contribution in [1.29, 1.82) is 0 Å². The summed E-state index contributed by atoms with van der Waals surface area (Å²) in [6, 6.07) is 36.8. The Labute approximate surface area is 160 Å². The first kappa shape index (κ1) is 15.8. The van der Waals surface area contributed by atoms with Crippen molar-refractivity contribution >= 4 is 11.6 Å². The number of rotatable bonds is 3. The second-order valence-corrected chi connectivity index (χ2v) is 7.01. The van der Waals surface area contributed by atoms with Gasteiger partial charge in [-0.25, -0.2) is 0 Å². The van der Waals surface area contributed by atoms with E-state index in [1.165, 1.54) is 44.5 Å². The first-order valence-corrected chi connectivity index (χ1v) is 9.43. The summed E-state index contributed by atoms with van der Waals surface area (Å²) >= 11 is 0. The lowest BCUT2D eigenvalue weighted by Crippen LogP contribution is -1.92. The summed E-state index contributed by atoms with van der Waals surface area (Å²) in [5.74, 6) is 0. The molecular formula is C27H20. The summed E-state index contributed by atoms with van der Waals surface area (Å²) < 4.78 is 0. The first-order valence-electron chi connectivity index (χ1n) is 9.43. The topological polar surface area (TPSA) is 0 Å². The predicted molar refractivity (Wildman–Crippen MR) is 115 cm³/mol. The quantitative estimate of drug-likeness (QED) is 0.371. The summed E-state index contributed by atoms with van der Waals surface area (Å²) in [6.07, 6.45) is 3.38. The predicted octanol–water partition coefficient (Wildman–Crippen LogP) is 7.12. The van der Waals surface area contributed by atoms with Crippen LogP contribution in [0.25, 0.3) is 33.9 Å². The molecule has 0 saturated heterocycles. The first-order chi connectivity index (χ1) is 13.4. The van der Waals surface area contributed by atoms with E-state index in [1.54, 1.807) is 0 Å². The maximum atomic E-state index is 2.39. The Morgan fingerprint density at radius 1 is 0.481 bits per heavy atom. The third-order valence-corrected chi connectivity index (χ3v) is 5.33. The van der Waals surface area contributed by atoms with E-state index < -0.39 is 0 Å². The fourth-order valence-electron chi connectivity index (χ4n) is 4.02. The van der Waals surface area contributed by atoms with Crippen LogP contribution < -0.4 is 0 Å². The Bertz CT molecular complexity index is 1100. The molecule has 0 aromatic heterocycles. The average molecular weight is 344 g/mol. The minimum atomic E-state index is 0.994. The fraction of sp³-hybridized carbons (Fsp3) is 0.0370. The van der Waals surface area contributed by atoms with Crippen LogP contribution in [0.2, 0.25) is 0 Å². The second-order valence-electron chi connectivity index (χ2n) is 7.01. The van der Waals surface area contributed by atoms with E-state index in [4.69, 9.17) is 0 Å². The molecule has 128 valence electrons. The molecule has 0 N–H and O–H groups in total. The SMILES string of the molecule is C1=C(c2ccccc2)Cc2ccc(-c3ccccc3)c(-c3ccccc3)c21. The number of hydrogen-bond donors (Lipinski definition) is 0. The second kappa shape index (κ2) is 6.74. The maximum Gasteiger partial charge on any atom is -0.00134 e. The normalized spacial score (nSPS) is 12.5. The van der Waals surface area contributed by atoms with Gasteiger partial charge in [0, 0.05) is 0 Å². The van der Waals surface area contributed by atoms with Crippen molar-refractivity contribution in [2.24, 2.45) is 0 Å². The highest BCUT2D eigenvalue weighted by Gasteiger charge is 2.21. The highest BCUT2D eigenvalue weighted by atomic mass is 14.2. The highest BCUT2D eigenvalue weighted by molar-refractivity contribution is 5.98. The fourth-order valence-corrected chi connectivity index (χ4v) is 4.02. The summed E-state index contributed by atoms with van der Waals surface area (Å²) in [5.41, 5.74) is 10.7. The Kier molecular flexibility index (Phi) is 3.95.